The smallest absolute Gasteiger partial charge is 0.291 e. The first kappa shape index (κ1) is 16.4. The standard InChI is InChI=1S/C22H23N3O2/c26-22(21-5-3-11-27-21)24-16-6-7-20-18(13-16)19(14-23-20)15-8-10-25-9-2-1-4-17(25)12-15/h3,5-8,11,13-14,17,23H,1-2,4,9-10,12H2,(H,24,26). The van der Waals surface area contributed by atoms with Crippen molar-refractivity contribution in [3.63, 3.8) is 0 Å². The number of fused-ring (bicyclic) bond motifs is 2. The Morgan fingerprint density at radius 2 is 2.22 bits per heavy atom. The molecule has 1 aromatic carbocycles. The Morgan fingerprint density at radius 3 is 3.11 bits per heavy atom. The van der Waals surface area contributed by atoms with Crippen LogP contribution >= 0.6 is 0 Å². The van der Waals surface area contributed by atoms with Gasteiger partial charge in [0.2, 0.25) is 0 Å². The molecule has 1 unspecified atom stereocenters. The van der Waals surface area contributed by atoms with Crippen molar-refractivity contribution in [3.05, 3.63) is 60.2 Å². The molecule has 0 saturated carbocycles. The van der Waals surface area contributed by atoms with Gasteiger partial charge in [0.15, 0.2) is 5.76 Å². The number of hydrogen-bond donors (Lipinski definition) is 2. The zero-order valence-electron chi connectivity index (χ0n) is 15.2. The van der Waals surface area contributed by atoms with Crippen LogP contribution < -0.4 is 5.32 Å². The third kappa shape index (κ3) is 3.08. The van der Waals surface area contributed by atoms with E-state index in [4.69, 9.17) is 4.42 Å². The monoisotopic (exact) mass is 361 g/mol. The summed E-state index contributed by atoms with van der Waals surface area (Å²) >= 11 is 0. The summed E-state index contributed by atoms with van der Waals surface area (Å²) in [5, 5.41) is 4.08. The van der Waals surface area contributed by atoms with Gasteiger partial charge in [-0.3, -0.25) is 9.69 Å². The van der Waals surface area contributed by atoms with Crippen LogP contribution in [0.3, 0.4) is 0 Å². The lowest BCUT2D eigenvalue weighted by Crippen LogP contribution is -2.41. The number of benzene rings is 1. The summed E-state index contributed by atoms with van der Waals surface area (Å²) in [4.78, 5) is 18.3. The summed E-state index contributed by atoms with van der Waals surface area (Å²) < 4.78 is 5.18. The normalized spacial score (nSPS) is 20.3. The summed E-state index contributed by atoms with van der Waals surface area (Å²) in [7, 11) is 0. The molecule has 3 aromatic rings. The van der Waals surface area contributed by atoms with E-state index in [1.165, 1.54) is 43.2 Å². The number of aromatic amines is 1. The maximum absolute atomic E-state index is 12.3. The summed E-state index contributed by atoms with van der Waals surface area (Å²) in [6.45, 7) is 2.27. The number of carbonyl (C=O) groups excluding carboxylic acids is 1. The lowest BCUT2D eigenvalue weighted by atomic mass is 9.89. The molecule has 1 atom stereocenters. The minimum Gasteiger partial charge on any atom is -0.459 e. The molecule has 0 radical (unpaired) electrons. The second-order valence-electron chi connectivity index (χ2n) is 7.47. The molecule has 1 amide bonds. The first-order valence-electron chi connectivity index (χ1n) is 9.67. The molecular weight excluding hydrogens is 338 g/mol. The van der Waals surface area contributed by atoms with E-state index in [1.807, 2.05) is 12.1 Å². The van der Waals surface area contributed by atoms with Gasteiger partial charge in [0.25, 0.3) is 5.91 Å². The molecule has 1 saturated heterocycles. The molecule has 0 aliphatic carbocycles. The maximum Gasteiger partial charge on any atom is 0.291 e. The SMILES string of the molecule is O=C(Nc1ccc2[nH]cc(C3=CCN4CCCCC4C3)c2c1)c1ccco1. The van der Waals surface area contributed by atoms with Crippen molar-refractivity contribution in [3.8, 4) is 0 Å². The molecule has 138 valence electrons. The number of H-pyrrole nitrogens is 1. The number of piperidine rings is 1. The van der Waals surface area contributed by atoms with Gasteiger partial charge in [0.1, 0.15) is 0 Å². The largest absolute Gasteiger partial charge is 0.459 e. The predicted octanol–water partition coefficient (Wildman–Crippen LogP) is 4.65. The van der Waals surface area contributed by atoms with Gasteiger partial charge in [-0.05, 0) is 61.7 Å². The molecule has 5 heteroatoms. The average molecular weight is 361 g/mol. The Kier molecular flexibility index (Phi) is 4.09. The third-order valence-electron chi connectivity index (χ3n) is 5.81. The van der Waals surface area contributed by atoms with Crippen molar-refractivity contribution in [2.45, 2.75) is 31.7 Å². The van der Waals surface area contributed by atoms with Gasteiger partial charge in [-0.2, -0.15) is 0 Å². The first-order chi connectivity index (χ1) is 13.3. The van der Waals surface area contributed by atoms with E-state index in [-0.39, 0.29) is 5.91 Å². The molecule has 2 aromatic heterocycles. The zero-order valence-corrected chi connectivity index (χ0v) is 15.2. The highest BCUT2D eigenvalue weighted by Crippen LogP contribution is 2.35. The van der Waals surface area contributed by atoms with Crippen molar-refractivity contribution in [2.75, 3.05) is 18.4 Å². The summed E-state index contributed by atoms with van der Waals surface area (Å²) in [5.74, 6) is 0.0860. The van der Waals surface area contributed by atoms with Crippen LogP contribution in [0.1, 0.15) is 41.8 Å². The van der Waals surface area contributed by atoms with Gasteiger partial charge < -0.3 is 14.7 Å². The van der Waals surface area contributed by atoms with Crippen LogP contribution in [-0.2, 0) is 0 Å². The highest BCUT2D eigenvalue weighted by molar-refractivity contribution is 6.04. The number of nitrogens with zero attached hydrogens (tertiary/aromatic N) is 1. The van der Waals surface area contributed by atoms with Gasteiger partial charge in [-0.1, -0.05) is 12.5 Å². The molecule has 2 aliphatic rings. The van der Waals surface area contributed by atoms with E-state index in [0.29, 0.717) is 11.8 Å². The molecule has 1 fully saturated rings. The third-order valence-corrected chi connectivity index (χ3v) is 5.81. The van der Waals surface area contributed by atoms with Crippen LogP contribution in [0.4, 0.5) is 5.69 Å². The number of nitrogens with one attached hydrogen (secondary N) is 2. The number of amides is 1. The van der Waals surface area contributed by atoms with Crippen molar-refractivity contribution < 1.29 is 9.21 Å². The second kappa shape index (κ2) is 6.74. The van der Waals surface area contributed by atoms with Crippen LogP contribution in [-0.4, -0.2) is 34.9 Å². The van der Waals surface area contributed by atoms with E-state index >= 15 is 0 Å². The number of carbonyl (C=O) groups is 1. The van der Waals surface area contributed by atoms with Crippen LogP contribution in [0.25, 0.3) is 16.5 Å². The average Bonchev–Trinajstić information content (AvgIpc) is 3.37. The van der Waals surface area contributed by atoms with E-state index in [9.17, 15) is 4.79 Å². The van der Waals surface area contributed by atoms with Gasteiger partial charge in [-0.25, -0.2) is 0 Å². The van der Waals surface area contributed by atoms with Gasteiger partial charge >= 0.3 is 0 Å². The number of hydrogen-bond acceptors (Lipinski definition) is 3. The molecular formula is C22H23N3O2. The summed E-state index contributed by atoms with van der Waals surface area (Å²) in [6.07, 6.45) is 11.1. The predicted molar refractivity (Wildman–Crippen MR) is 107 cm³/mol. The number of furan rings is 1. The molecule has 5 nitrogen and oxygen atoms in total. The van der Waals surface area contributed by atoms with Gasteiger partial charge in [-0.15, -0.1) is 0 Å². The summed E-state index contributed by atoms with van der Waals surface area (Å²) in [5.41, 5.74) is 4.54. The molecule has 2 aliphatic heterocycles. The summed E-state index contributed by atoms with van der Waals surface area (Å²) in [6, 6.07) is 10.0. The molecule has 0 bridgehead atoms. The van der Waals surface area contributed by atoms with Crippen LogP contribution in [0.5, 0.6) is 0 Å². The lowest BCUT2D eigenvalue weighted by Gasteiger charge is -2.38. The fraction of sp³-hybridized carbons (Fsp3) is 0.318. The van der Waals surface area contributed by atoms with E-state index < -0.39 is 0 Å². The van der Waals surface area contributed by atoms with E-state index in [2.05, 4.69) is 33.5 Å². The Hall–Kier alpha value is -2.79. The van der Waals surface area contributed by atoms with Gasteiger partial charge in [0, 0.05) is 40.9 Å². The topological polar surface area (TPSA) is 61.3 Å². The zero-order chi connectivity index (χ0) is 18.2. The fourth-order valence-electron chi connectivity index (χ4n) is 4.38. The Balaban J connectivity index is 1.43. The Labute approximate surface area is 158 Å². The van der Waals surface area contributed by atoms with Crippen LogP contribution in [0.2, 0.25) is 0 Å². The molecule has 0 spiro atoms. The van der Waals surface area contributed by atoms with Crippen LogP contribution in [0.15, 0.2) is 53.3 Å². The number of anilines is 1. The molecule has 27 heavy (non-hydrogen) atoms. The Morgan fingerprint density at radius 1 is 1.26 bits per heavy atom. The lowest BCUT2D eigenvalue weighted by molar-refractivity contribution is 0.0996. The highest BCUT2D eigenvalue weighted by Gasteiger charge is 2.27. The second-order valence-corrected chi connectivity index (χ2v) is 7.47. The molecule has 4 heterocycles. The molecule has 5 rings (SSSR count). The van der Waals surface area contributed by atoms with Crippen molar-refractivity contribution >= 4 is 28.1 Å². The van der Waals surface area contributed by atoms with Crippen LogP contribution in [0, 0.1) is 0 Å². The highest BCUT2D eigenvalue weighted by atomic mass is 16.3. The van der Waals surface area contributed by atoms with Gasteiger partial charge in [0.05, 0.1) is 6.26 Å². The fourth-order valence-corrected chi connectivity index (χ4v) is 4.38. The minimum atomic E-state index is -0.230. The van der Waals surface area contributed by atoms with E-state index in [0.717, 1.165) is 29.6 Å². The minimum absolute atomic E-state index is 0.230. The quantitative estimate of drug-likeness (QED) is 0.713. The maximum atomic E-state index is 12.3. The Bertz CT molecular complexity index is 1000. The van der Waals surface area contributed by atoms with Crippen molar-refractivity contribution in [2.24, 2.45) is 0 Å². The molecule has 2 N–H and O–H groups in total. The van der Waals surface area contributed by atoms with E-state index in [1.54, 1.807) is 12.1 Å². The van der Waals surface area contributed by atoms with Crippen molar-refractivity contribution in [1.82, 2.24) is 9.88 Å². The first-order valence-corrected chi connectivity index (χ1v) is 9.67. The number of rotatable bonds is 3. The van der Waals surface area contributed by atoms with Crippen molar-refractivity contribution in [1.29, 1.82) is 0 Å². The number of aromatic nitrogens is 1.